The number of nitrogens with zero attached hydrogens (tertiary/aromatic N) is 1. The predicted molar refractivity (Wildman–Crippen MR) is 95.4 cm³/mol. The molecule has 0 bridgehead atoms. The SMILES string of the molecule is CCC/C=C/CCCOC1CCC(c2ccc(C#N)cc2)CC1. The molecule has 0 aliphatic heterocycles. The Kier molecular flexibility index (Phi) is 7.90. The van der Waals surface area contributed by atoms with Crippen molar-refractivity contribution in [2.45, 2.75) is 70.3 Å². The number of unbranched alkanes of at least 4 members (excludes halogenated alkanes) is 2. The van der Waals surface area contributed by atoms with Gasteiger partial charge in [-0.2, -0.15) is 5.26 Å². The summed E-state index contributed by atoms with van der Waals surface area (Å²) in [6, 6.07) is 10.3. The van der Waals surface area contributed by atoms with Crippen molar-refractivity contribution in [3.8, 4) is 6.07 Å². The molecule has 0 spiro atoms. The molecule has 0 atom stereocenters. The number of ether oxygens (including phenoxy) is 1. The van der Waals surface area contributed by atoms with E-state index in [0.717, 1.165) is 37.9 Å². The van der Waals surface area contributed by atoms with Gasteiger partial charge in [0, 0.05) is 6.61 Å². The predicted octanol–water partition coefficient (Wildman–Crippen LogP) is 5.74. The fourth-order valence-corrected chi connectivity index (χ4v) is 3.25. The highest BCUT2D eigenvalue weighted by molar-refractivity contribution is 5.33. The molecular formula is C21H29NO. The fourth-order valence-electron chi connectivity index (χ4n) is 3.25. The van der Waals surface area contributed by atoms with E-state index in [9.17, 15) is 0 Å². The second-order valence-electron chi connectivity index (χ2n) is 6.48. The molecule has 0 heterocycles. The molecule has 1 saturated carbocycles. The molecule has 0 radical (unpaired) electrons. The van der Waals surface area contributed by atoms with E-state index >= 15 is 0 Å². The van der Waals surface area contributed by atoms with Gasteiger partial charge in [-0.25, -0.2) is 0 Å². The highest BCUT2D eigenvalue weighted by Crippen LogP contribution is 2.34. The third kappa shape index (κ3) is 6.20. The minimum absolute atomic E-state index is 0.448. The zero-order valence-corrected chi connectivity index (χ0v) is 14.3. The van der Waals surface area contributed by atoms with Crippen LogP contribution in [0.5, 0.6) is 0 Å². The van der Waals surface area contributed by atoms with Crippen molar-refractivity contribution in [2.24, 2.45) is 0 Å². The van der Waals surface area contributed by atoms with Crippen molar-refractivity contribution in [3.05, 3.63) is 47.5 Å². The number of benzene rings is 1. The fraction of sp³-hybridized carbons (Fsp3) is 0.571. The average Bonchev–Trinajstić information content (AvgIpc) is 2.61. The summed E-state index contributed by atoms with van der Waals surface area (Å²) in [6.45, 7) is 3.10. The number of allylic oxidation sites excluding steroid dienone is 2. The van der Waals surface area contributed by atoms with Gasteiger partial charge in [0.2, 0.25) is 0 Å². The van der Waals surface area contributed by atoms with Gasteiger partial charge < -0.3 is 4.74 Å². The van der Waals surface area contributed by atoms with Gasteiger partial charge in [-0.15, -0.1) is 0 Å². The summed E-state index contributed by atoms with van der Waals surface area (Å²) in [6.07, 6.45) is 14.4. The van der Waals surface area contributed by atoms with Crippen molar-refractivity contribution in [2.75, 3.05) is 6.61 Å². The first-order valence-electron chi connectivity index (χ1n) is 9.10. The quantitative estimate of drug-likeness (QED) is 0.453. The lowest BCUT2D eigenvalue weighted by Gasteiger charge is -2.29. The lowest BCUT2D eigenvalue weighted by Crippen LogP contribution is -2.21. The smallest absolute Gasteiger partial charge is 0.0991 e. The first-order valence-corrected chi connectivity index (χ1v) is 9.10. The largest absolute Gasteiger partial charge is 0.378 e. The van der Waals surface area contributed by atoms with Gasteiger partial charge in [-0.1, -0.05) is 37.6 Å². The highest BCUT2D eigenvalue weighted by Gasteiger charge is 2.22. The Morgan fingerprint density at radius 2 is 1.78 bits per heavy atom. The number of hydrogen-bond acceptors (Lipinski definition) is 2. The second-order valence-corrected chi connectivity index (χ2v) is 6.48. The lowest BCUT2D eigenvalue weighted by atomic mass is 9.82. The van der Waals surface area contributed by atoms with E-state index < -0.39 is 0 Å². The topological polar surface area (TPSA) is 33.0 Å². The van der Waals surface area contributed by atoms with Crippen LogP contribution in [0.1, 0.15) is 75.3 Å². The van der Waals surface area contributed by atoms with Gasteiger partial charge in [0.1, 0.15) is 0 Å². The Labute approximate surface area is 141 Å². The van der Waals surface area contributed by atoms with Gasteiger partial charge in [-0.05, 0) is 68.6 Å². The summed E-state index contributed by atoms with van der Waals surface area (Å²) >= 11 is 0. The molecule has 1 fully saturated rings. The molecule has 0 amide bonds. The standard InChI is InChI=1S/C21H29NO/c1-2-3-4-5-6-7-16-23-21-14-12-20(13-15-21)19-10-8-18(17-22)9-11-19/h4-5,8-11,20-21H,2-3,6-7,12-16H2,1H3/b5-4+. The molecule has 2 rings (SSSR count). The molecule has 1 aliphatic carbocycles. The summed E-state index contributed by atoms with van der Waals surface area (Å²) in [4.78, 5) is 0. The first-order chi connectivity index (χ1) is 11.3. The highest BCUT2D eigenvalue weighted by atomic mass is 16.5. The maximum absolute atomic E-state index is 8.87. The Bertz CT molecular complexity index is 504. The Morgan fingerprint density at radius 1 is 1.09 bits per heavy atom. The minimum Gasteiger partial charge on any atom is -0.378 e. The van der Waals surface area contributed by atoms with Gasteiger partial charge in [0.25, 0.3) is 0 Å². The first kappa shape index (κ1) is 17.8. The molecule has 0 unspecified atom stereocenters. The third-order valence-electron chi connectivity index (χ3n) is 4.68. The van der Waals surface area contributed by atoms with E-state index in [0.29, 0.717) is 12.0 Å². The van der Waals surface area contributed by atoms with Gasteiger partial charge in [-0.3, -0.25) is 0 Å². The lowest BCUT2D eigenvalue weighted by molar-refractivity contribution is 0.0238. The van der Waals surface area contributed by atoms with Crippen LogP contribution in [0.3, 0.4) is 0 Å². The minimum atomic E-state index is 0.448. The number of hydrogen-bond donors (Lipinski definition) is 0. The van der Waals surface area contributed by atoms with E-state index in [2.05, 4.69) is 37.3 Å². The van der Waals surface area contributed by atoms with Crippen molar-refractivity contribution >= 4 is 0 Å². The maximum atomic E-state index is 8.87. The van der Waals surface area contributed by atoms with Crippen LogP contribution in [0.15, 0.2) is 36.4 Å². The zero-order chi connectivity index (χ0) is 16.3. The average molecular weight is 311 g/mol. The molecule has 1 aromatic carbocycles. The van der Waals surface area contributed by atoms with Crippen molar-refractivity contribution in [1.82, 2.24) is 0 Å². The maximum Gasteiger partial charge on any atom is 0.0991 e. The summed E-state index contributed by atoms with van der Waals surface area (Å²) < 4.78 is 6.03. The van der Waals surface area contributed by atoms with Crippen molar-refractivity contribution < 1.29 is 4.74 Å². The van der Waals surface area contributed by atoms with Crippen LogP contribution in [0.4, 0.5) is 0 Å². The summed E-state index contributed by atoms with van der Waals surface area (Å²) in [7, 11) is 0. The molecule has 2 nitrogen and oxygen atoms in total. The van der Waals surface area contributed by atoms with Crippen molar-refractivity contribution in [1.29, 1.82) is 5.26 Å². The molecule has 23 heavy (non-hydrogen) atoms. The molecule has 0 N–H and O–H groups in total. The second kappa shape index (κ2) is 10.2. The normalized spacial score (nSPS) is 21.4. The monoisotopic (exact) mass is 311 g/mol. The molecule has 1 aliphatic rings. The third-order valence-corrected chi connectivity index (χ3v) is 4.68. The molecule has 1 aromatic rings. The summed E-state index contributed by atoms with van der Waals surface area (Å²) in [5.41, 5.74) is 2.13. The Morgan fingerprint density at radius 3 is 2.43 bits per heavy atom. The van der Waals surface area contributed by atoms with E-state index in [1.165, 1.54) is 31.2 Å². The summed E-state index contributed by atoms with van der Waals surface area (Å²) in [5.74, 6) is 0.638. The van der Waals surface area contributed by atoms with Gasteiger partial charge in [0.05, 0.1) is 17.7 Å². The Hall–Kier alpha value is -1.59. The van der Waals surface area contributed by atoms with Crippen LogP contribution in [0.2, 0.25) is 0 Å². The molecule has 0 saturated heterocycles. The molecule has 124 valence electrons. The number of rotatable bonds is 8. The van der Waals surface area contributed by atoms with Crippen LogP contribution in [0.25, 0.3) is 0 Å². The van der Waals surface area contributed by atoms with Gasteiger partial charge in [0.15, 0.2) is 0 Å². The zero-order valence-electron chi connectivity index (χ0n) is 14.3. The van der Waals surface area contributed by atoms with Crippen LogP contribution >= 0.6 is 0 Å². The van der Waals surface area contributed by atoms with Crippen LogP contribution < -0.4 is 0 Å². The van der Waals surface area contributed by atoms with Crippen LogP contribution in [-0.2, 0) is 4.74 Å². The van der Waals surface area contributed by atoms with Gasteiger partial charge >= 0.3 is 0 Å². The van der Waals surface area contributed by atoms with E-state index in [-0.39, 0.29) is 0 Å². The van der Waals surface area contributed by atoms with Crippen LogP contribution in [0, 0.1) is 11.3 Å². The van der Waals surface area contributed by atoms with Crippen molar-refractivity contribution in [3.63, 3.8) is 0 Å². The number of nitriles is 1. The van der Waals surface area contributed by atoms with E-state index in [1.54, 1.807) is 0 Å². The summed E-state index contributed by atoms with van der Waals surface area (Å²) in [5, 5.41) is 8.87. The molecule has 0 aromatic heterocycles. The molecular weight excluding hydrogens is 282 g/mol. The van der Waals surface area contributed by atoms with E-state index in [4.69, 9.17) is 10.00 Å². The molecule has 2 heteroatoms. The van der Waals surface area contributed by atoms with E-state index in [1.807, 2.05) is 12.1 Å². The van der Waals surface area contributed by atoms with Crippen LogP contribution in [-0.4, -0.2) is 12.7 Å². The Balaban J connectivity index is 1.63.